The molecule has 1 saturated heterocycles. The van der Waals surface area contributed by atoms with E-state index in [2.05, 4.69) is 12.2 Å². The molecule has 1 aromatic rings. The number of piperazine rings is 1. The number of carbonyl (C=O) groups excluding carboxylic acids is 1. The second-order valence-corrected chi connectivity index (χ2v) is 8.36. The Hall–Kier alpha value is -1.44. The molecule has 0 saturated carbocycles. The Morgan fingerprint density at radius 3 is 2.24 bits per heavy atom. The number of nitrogens with one attached hydrogen (secondary N) is 1. The molecule has 0 aliphatic carbocycles. The van der Waals surface area contributed by atoms with Crippen LogP contribution < -0.4 is 5.32 Å². The van der Waals surface area contributed by atoms with Crippen LogP contribution in [0.5, 0.6) is 0 Å². The van der Waals surface area contributed by atoms with E-state index < -0.39 is 10.0 Å². The van der Waals surface area contributed by atoms with Gasteiger partial charge in [-0.3, -0.25) is 9.69 Å². The van der Waals surface area contributed by atoms with E-state index in [4.69, 9.17) is 0 Å². The quantitative estimate of drug-likeness (QED) is 0.755. The van der Waals surface area contributed by atoms with Crippen molar-refractivity contribution < 1.29 is 13.2 Å². The standard InChI is InChI=1S/C18H29N3O3S/c1-3-5-16-6-8-17(9-7-16)25(23,24)21-13-11-20(12-14-21)15-18(22)19-10-4-2/h6-9H,3-5,10-15H2,1-2H3,(H,19,22). The third-order valence-corrected chi connectivity index (χ3v) is 6.28. The summed E-state index contributed by atoms with van der Waals surface area (Å²) in [5, 5.41) is 2.85. The van der Waals surface area contributed by atoms with Gasteiger partial charge in [0.2, 0.25) is 15.9 Å². The zero-order valence-electron chi connectivity index (χ0n) is 15.2. The van der Waals surface area contributed by atoms with Gasteiger partial charge in [0.15, 0.2) is 0 Å². The van der Waals surface area contributed by atoms with Gasteiger partial charge in [0, 0.05) is 32.7 Å². The molecule has 25 heavy (non-hydrogen) atoms. The number of hydrogen-bond donors (Lipinski definition) is 1. The molecule has 7 heteroatoms. The maximum Gasteiger partial charge on any atom is 0.243 e. The molecule has 140 valence electrons. The molecular weight excluding hydrogens is 338 g/mol. The van der Waals surface area contributed by atoms with Crippen LogP contribution in [0.25, 0.3) is 0 Å². The normalized spacial score (nSPS) is 16.7. The maximum atomic E-state index is 12.8. The van der Waals surface area contributed by atoms with Crippen LogP contribution in [0.2, 0.25) is 0 Å². The number of sulfonamides is 1. The summed E-state index contributed by atoms with van der Waals surface area (Å²) in [5.74, 6) is 0.00432. The molecule has 1 N–H and O–H groups in total. The van der Waals surface area contributed by atoms with Crippen molar-refractivity contribution in [3.8, 4) is 0 Å². The Bertz CT molecular complexity index is 651. The topological polar surface area (TPSA) is 69.7 Å². The van der Waals surface area contributed by atoms with E-state index in [0.717, 1.165) is 24.8 Å². The van der Waals surface area contributed by atoms with Gasteiger partial charge in [-0.25, -0.2) is 8.42 Å². The number of rotatable bonds is 8. The Morgan fingerprint density at radius 1 is 1.04 bits per heavy atom. The maximum absolute atomic E-state index is 12.8. The smallest absolute Gasteiger partial charge is 0.243 e. The summed E-state index contributed by atoms with van der Waals surface area (Å²) in [4.78, 5) is 14.1. The lowest BCUT2D eigenvalue weighted by molar-refractivity contribution is -0.122. The summed E-state index contributed by atoms with van der Waals surface area (Å²) < 4.78 is 27.0. The molecule has 6 nitrogen and oxygen atoms in total. The fourth-order valence-electron chi connectivity index (χ4n) is 2.92. The average molecular weight is 368 g/mol. The zero-order chi connectivity index (χ0) is 18.3. The minimum Gasteiger partial charge on any atom is -0.355 e. The first-order chi connectivity index (χ1) is 12.0. The molecule has 1 fully saturated rings. The van der Waals surface area contributed by atoms with Crippen molar-refractivity contribution in [2.75, 3.05) is 39.3 Å². The predicted molar refractivity (Wildman–Crippen MR) is 98.9 cm³/mol. The van der Waals surface area contributed by atoms with Crippen LogP contribution in [-0.4, -0.2) is 62.8 Å². The molecule has 1 aromatic carbocycles. The van der Waals surface area contributed by atoms with Crippen molar-refractivity contribution >= 4 is 15.9 Å². The van der Waals surface area contributed by atoms with Crippen LogP contribution in [0, 0.1) is 0 Å². The summed E-state index contributed by atoms with van der Waals surface area (Å²) in [6, 6.07) is 7.19. The van der Waals surface area contributed by atoms with E-state index in [1.807, 2.05) is 24.0 Å². The Morgan fingerprint density at radius 2 is 1.68 bits per heavy atom. The number of benzene rings is 1. The van der Waals surface area contributed by atoms with Gasteiger partial charge in [0.1, 0.15) is 0 Å². The van der Waals surface area contributed by atoms with Crippen molar-refractivity contribution in [1.29, 1.82) is 0 Å². The third kappa shape index (κ3) is 5.52. The van der Waals surface area contributed by atoms with Gasteiger partial charge in [0.05, 0.1) is 11.4 Å². The molecule has 0 unspecified atom stereocenters. The summed E-state index contributed by atoms with van der Waals surface area (Å²) in [6.45, 7) is 7.12. The minimum absolute atomic E-state index is 0.00432. The van der Waals surface area contributed by atoms with Gasteiger partial charge in [0.25, 0.3) is 0 Å². The van der Waals surface area contributed by atoms with Crippen LogP contribution in [0.4, 0.5) is 0 Å². The SMILES string of the molecule is CCCNC(=O)CN1CCN(S(=O)(=O)c2ccc(CCC)cc2)CC1. The average Bonchev–Trinajstić information content (AvgIpc) is 2.61. The molecule has 1 aliphatic rings. The highest BCUT2D eigenvalue weighted by molar-refractivity contribution is 7.89. The van der Waals surface area contributed by atoms with E-state index in [-0.39, 0.29) is 5.91 Å². The predicted octanol–water partition coefficient (Wildman–Crippen LogP) is 1.47. The van der Waals surface area contributed by atoms with Crippen LogP contribution in [0.15, 0.2) is 29.2 Å². The second kappa shape index (κ2) is 9.31. The first kappa shape index (κ1) is 19.9. The van der Waals surface area contributed by atoms with Crippen LogP contribution in [0.1, 0.15) is 32.3 Å². The van der Waals surface area contributed by atoms with Crippen molar-refractivity contribution in [3.05, 3.63) is 29.8 Å². The Labute approximate surface area is 151 Å². The van der Waals surface area contributed by atoms with Gasteiger partial charge in [-0.15, -0.1) is 0 Å². The van der Waals surface area contributed by atoms with Gasteiger partial charge in [-0.05, 0) is 30.5 Å². The number of amides is 1. The highest BCUT2D eigenvalue weighted by Crippen LogP contribution is 2.18. The molecule has 0 aromatic heterocycles. The van der Waals surface area contributed by atoms with Gasteiger partial charge >= 0.3 is 0 Å². The fraction of sp³-hybridized carbons (Fsp3) is 0.611. The van der Waals surface area contributed by atoms with E-state index in [1.165, 1.54) is 4.31 Å². The van der Waals surface area contributed by atoms with Crippen molar-refractivity contribution in [2.45, 2.75) is 38.0 Å². The monoisotopic (exact) mass is 367 g/mol. The summed E-state index contributed by atoms with van der Waals surface area (Å²) in [6.07, 6.45) is 2.91. The van der Waals surface area contributed by atoms with Gasteiger partial charge in [-0.2, -0.15) is 4.31 Å². The summed E-state index contributed by atoms with van der Waals surface area (Å²) in [7, 11) is -3.45. The van der Waals surface area contributed by atoms with E-state index >= 15 is 0 Å². The van der Waals surface area contributed by atoms with Crippen molar-refractivity contribution in [2.24, 2.45) is 0 Å². The number of nitrogens with zero attached hydrogens (tertiary/aromatic N) is 2. The first-order valence-electron chi connectivity index (χ1n) is 9.05. The largest absolute Gasteiger partial charge is 0.355 e. The lowest BCUT2D eigenvalue weighted by Crippen LogP contribution is -2.51. The molecule has 0 spiro atoms. The number of carbonyl (C=O) groups is 1. The summed E-state index contributed by atoms with van der Waals surface area (Å²) in [5.41, 5.74) is 1.16. The number of hydrogen-bond acceptors (Lipinski definition) is 4. The van der Waals surface area contributed by atoms with Crippen LogP contribution in [0.3, 0.4) is 0 Å². The third-order valence-electron chi connectivity index (χ3n) is 4.37. The van der Waals surface area contributed by atoms with E-state index in [0.29, 0.717) is 44.2 Å². The molecule has 2 rings (SSSR count). The fourth-order valence-corrected chi connectivity index (χ4v) is 4.34. The molecule has 0 bridgehead atoms. The van der Waals surface area contributed by atoms with Crippen molar-refractivity contribution in [3.63, 3.8) is 0 Å². The van der Waals surface area contributed by atoms with Crippen LogP contribution >= 0.6 is 0 Å². The lowest BCUT2D eigenvalue weighted by atomic mass is 10.1. The van der Waals surface area contributed by atoms with Crippen LogP contribution in [-0.2, 0) is 21.2 Å². The molecule has 1 heterocycles. The van der Waals surface area contributed by atoms with Gasteiger partial charge < -0.3 is 5.32 Å². The highest BCUT2D eigenvalue weighted by atomic mass is 32.2. The number of aryl methyl sites for hydroxylation is 1. The molecule has 1 aliphatic heterocycles. The van der Waals surface area contributed by atoms with Crippen molar-refractivity contribution in [1.82, 2.24) is 14.5 Å². The highest BCUT2D eigenvalue weighted by Gasteiger charge is 2.28. The molecule has 1 amide bonds. The second-order valence-electron chi connectivity index (χ2n) is 6.42. The van der Waals surface area contributed by atoms with E-state index in [1.54, 1.807) is 12.1 Å². The molecule has 0 atom stereocenters. The molecular formula is C18H29N3O3S. The van der Waals surface area contributed by atoms with E-state index in [9.17, 15) is 13.2 Å². The lowest BCUT2D eigenvalue weighted by Gasteiger charge is -2.33. The zero-order valence-corrected chi connectivity index (χ0v) is 16.0. The summed E-state index contributed by atoms with van der Waals surface area (Å²) >= 11 is 0. The molecule has 0 radical (unpaired) electrons. The Kier molecular flexibility index (Phi) is 7.40. The minimum atomic E-state index is -3.45. The Balaban J connectivity index is 1.91. The van der Waals surface area contributed by atoms with Gasteiger partial charge in [-0.1, -0.05) is 32.4 Å². The first-order valence-corrected chi connectivity index (χ1v) is 10.5.